The second-order valence-electron chi connectivity index (χ2n) is 5.86. The van der Waals surface area contributed by atoms with Crippen LogP contribution in [0.15, 0.2) is 18.2 Å². The van der Waals surface area contributed by atoms with Gasteiger partial charge >= 0.3 is 0 Å². The average molecular weight is 277 g/mol. The molecule has 0 aliphatic carbocycles. The smallest absolute Gasteiger partial charge is 0.125 e. The first-order valence-corrected chi connectivity index (χ1v) is 7.38. The van der Waals surface area contributed by atoms with E-state index < -0.39 is 0 Å². The molecule has 1 aromatic carbocycles. The lowest BCUT2D eigenvalue weighted by Crippen LogP contribution is -2.42. The highest BCUT2D eigenvalue weighted by molar-refractivity contribution is 5.61. The lowest BCUT2D eigenvalue weighted by molar-refractivity contribution is 0.249. The third-order valence-electron chi connectivity index (χ3n) is 4.25. The molecule has 1 aromatic rings. The maximum Gasteiger partial charge on any atom is 0.125 e. The highest BCUT2D eigenvalue weighted by atomic mass is 16.5. The third-order valence-corrected chi connectivity index (χ3v) is 4.25. The predicted octanol–water partition coefficient (Wildman–Crippen LogP) is 2.25. The van der Waals surface area contributed by atoms with Gasteiger partial charge in [-0.3, -0.25) is 0 Å². The summed E-state index contributed by atoms with van der Waals surface area (Å²) in [6.07, 6.45) is 2.39. The van der Waals surface area contributed by atoms with E-state index in [9.17, 15) is 0 Å². The molecule has 0 radical (unpaired) electrons. The zero-order chi connectivity index (χ0) is 14.7. The largest absolute Gasteiger partial charge is 0.496 e. The van der Waals surface area contributed by atoms with Crippen molar-refractivity contribution in [2.75, 3.05) is 39.2 Å². The van der Waals surface area contributed by atoms with E-state index in [-0.39, 0.29) is 6.04 Å². The minimum absolute atomic E-state index is 0.0206. The van der Waals surface area contributed by atoms with E-state index >= 15 is 0 Å². The SMILES string of the molecule is COc1cccc(N2CCC(N(C)C)CC2)c1C(C)N. The minimum atomic E-state index is -0.0206. The van der Waals surface area contributed by atoms with Gasteiger partial charge in [-0.2, -0.15) is 0 Å². The van der Waals surface area contributed by atoms with Crippen LogP contribution >= 0.6 is 0 Å². The number of benzene rings is 1. The van der Waals surface area contributed by atoms with Gasteiger partial charge in [-0.1, -0.05) is 6.07 Å². The Balaban J connectivity index is 2.21. The van der Waals surface area contributed by atoms with Crippen LogP contribution in [-0.4, -0.2) is 45.2 Å². The van der Waals surface area contributed by atoms with Gasteiger partial charge in [0.2, 0.25) is 0 Å². The molecule has 0 amide bonds. The fraction of sp³-hybridized carbons (Fsp3) is 0.625. The molecule has 4 heteroatoms. The Labute approximate surface area is 122 Å². The molecule has 1 aliphatic rings. The van der Waals surface area contributed by atoms with Crippen molar-refractivity contribution in [3.8, 4) is 5.75 Å². The Morgan fingerprint density at radius 3 is 2.45 bits per heavy atom. The van der Waals surface area contributed by atoms with E-state index in [4.69, 9.17) is 10.5 Å². The molecule has 1 heterocycles. The van der Waals surface area contributed by atoms with Crippen molar-refractivity contribution in [2.24, 2.45) is 5.73 Å². The van der Waals surface area contributed by atoms with Gasteiger partial charge < -0.3 is 20.3 Å². The Morgan fingerprint density at radius 2 is 1.95 bits per heavy atom. The average Bonchev–Trinajstić information content (AvgIpc) is 2.46. The summed E-state index contributed by atoms with van der Waals surface area (Å²) in [7, 11) is 6.04. The zero-order valence-electron chi connectivity index (χ0n) is 13.1. The summed E-state index contributed by atoms with van der Waals surface area (Å²) in [6, 6.07) is 6.88. The van der Waals surface area contributed by atoms with Crippen molar-refractivity contribution in [3.05, 3.63) is 23.8 Å². The third kappa shape index (κ3) is 3.07. The molecule has 1 atom stereocenters. The number of nitrogens with zero attached hydrogens (tertiary/aromatic N) is 2. The number of rotatable bonds is 4. The molecule has 0 bridgehead atoms. The van der Waals surface area contributed by atoms with Gasteiger partial charge in [0, 0.05) is 36.4 Å². The highest BCUT2D eigenvalue weighted by Gasteiger charge is 2.24. The molecular formula is C16H27N3O. The number of hydrogen-bond donors (Lipinski definition) is 1. The number of piperidine rings is 1. The molecular weight excluding hydrogens is 250 g/mol. The van der Waals surface area contributed by atoms with E-state index in [1.165, 1.54) is 18.5 Å². The summed E-state index contributed by atoms with van der Waals surface area (Å²) in [5.74, 6) is 0.896. The summed E-state index contributed by atoms with van der Waals surface area (Å²) in [5.41, 5.74) is 8.51. The summed E-state index contributed by atoms with van der Waals surface area (Å²) >= 11 is 0. The van der Waals surface area contributed by atoms with Gasteiger partial charge in [-0.05, 0) is 46.0 Å². The second kappa shape index (κ2) is 6.46. The maximum absolute atomic E-state index is 6.16. The van der Waals surface area contributed by atoms with Crippen LogP contribution in [0.1, 0.15) is 31.4 Å². The Hall–Kier alpha value is -1.26. The Kier molecular flexibility index (Phi) is 4.89. The molecule has 1 unspecified atom stereocenters. The monoisotopic (exact) mass is 277 g/mol. The minimum Gasteiger partial charge on any atom is -0.496 e. The molecule has 2 rings (SSSR count). The molecule has 1 aliphatic heterocycles. The van der Waals surface area contributed by atoms with Crippen molar-refractivity contribution >= 4 is 5.69 Å². The molecule has 112 valence electrons. The fourth-order valence-corrected chi connectivity index (χ4v) is 3.07. The number of methoxy groups -OCH3 is 1. The first-order valence-electron chi connectivity index (χ1n) is 7.38. The number of hydrogen-bond acceptors (Lipinski definition) is 4. The molecule has 2 N–H and O–H groups in total. The van der Waals surface area contributed by atoms with Crippen LogP contribution in [0.3, 0.4) is 0 Å². The molecule has 0 saturated carbocycles. The predicted molar refractivity (Wildman–Crippen MR) is 84.5 cm³/mol. The van der Waals surface area contributed by atoms with Gasteiger partial charge in [0.15, 0.2) is 0 Å². The normalized spacial score (nSPS) is 18.4. The van der Waals surface area contributed by atoms with Crippen LogP contribution in [0.25, 0.3) is 0 Å². The van der Waals surface area contributed by atoms with Gasteiger partial charge in [0.05, 0.1) is 7.11 Å². The van der Waals surface area contributed by atoms with Crippen molar-refractivity contribution in [1.29, 1.82) is 0 Å². The molecule has 1 saturated heterocycles. The molecule has 0 spiro atoms. The first kappa shape index (κ1) is 15.1. The lowest BCUT2D eigenvalue weighted by Gasteiger charge is -2.38. The van der Waals surface area contributed by atoms with Gasteiger partial charge in [0.1, 0.15) is 5.75 Å². The maximum atomic E-state index is 6.16. The van der Waals surface area contributed by atoms with Crippen LogP contribution < -0.4 is 15.4 Å². The van der Waals surface area contributed by atoms with Crippen molar-refractivity contribution in [1.82, 2.24) is 4.90 Å². The molecule has 0 aromatic heterocycles. The first-order chi connectivity index (χ1) is 9.54. The van der Waals surface area contributed by atoms with Crippen LogP contribution in [0.5, 0.6) is 5.75 Å². The van der Waals surface area contributed by atoms with Crippen LogP contribution in [0, 0.1) is 0 Å². The van der Waals surface area contributed by atoms with Crippen molar-refractivity contribution < 1.29 is 4.74 Å². The van der Waals surface area contributed by atoms with Gasteiger partial charge in [-0.25, -0.2) is 0 Å². The summed E-state index contributed by atoms with van der Waals surface area (Å²) in [4.78, 5) is 4.77. The molecule has 20 heavy (non-hydrogen) atoms. The Morgan fingerprint density at radius 1 is 1.30 bits per heavy atom. The lowest BCUT2D eigenvalue weighted by atomic mass is 9.99. The van der Waals surface area contributed by atoms with Crippen LogP contribution in [-0.2, 0) is 0 Å². The van der Waals surface area contributed by atoms with Crippen molar-refractivity contribution in [2.45, 2.75) is 31.8 Å². The van der Waals surface area contributed by atoms with Gasteiger partial charge in [-0.15, -0.1) is 0 Å². The van der Waals surface area contributed by atoms with E-state index in [1.54, 1.807) is 7.11 Å². The van der Waals surface area contributed by atoms with Crippen LogP contribution in [0.4, 0.5) is 5.69 Å². The fourth-order valence-electron chi connectivity index (χ4n) is 3.07. The van der Waals surface area contributed by atoms with E-state index in [2.05, 4.69) is 36.0 Å². The number of anilines is 1. The zero-order valence-corrected chi connectivity index (χ0v) is 13.1. The molecule has 4 nitrogen and oxygen atoms in total. The van der Waals surface area contributed by atoms with Crippen molar-refractivity contribution in [3.63, 3.8) is 0 Å². The standard InChI is InChI=1S/C16H27N3O/c1-12(17)16-14(6-5-7-15(16)20-4)19-10-8-13(9-11-19)18(2)3/h5-7,12-13H,8-11,17H2,1-4H3. The quantitative estimate of drug-likeness (QED) is 0.916. The van der Waals surface area contributed by atoms with E-state index in [1.807, 2.05) is 13.0 Å². The summed E-state index contributed by atoms with van der Waals surface area (Å²) < 4.78 is 5.48. The van der Waals surface area contributed by atoms with Crippen LogP contribution in [0.2, 0.25) is 0 Å². The highest BCUT2D eigenvalue weighted by Crippen LogP contribution is 2.35. The number of nitrogens with two attached hydrogens (primary N) is 1. The topological polar surface area (TPSA) is 41.7 Å². The van der Waals surface area contributed by atoms with E-state index in [0.29, 0.717) is 6.04 Å². The second-order valence-corrected chi connectivity index (χ2v) is 5.86. The number of ether oxygens (including phenoxy) is 1. The summed E-state index contributed by atoms with van der Waals surface area (Å²) in [5, 5.41) is 0. The Bertz CT molecular complexity index is 437. The van der Waals surface area contributed by atoms with Gasteiger partial charge in [0.25, 0.3) is 0 Å². The van der Waals surface area contributed by atoms with E-state index in [0.717, 1.165) is 24.4 Å². The summed E-state index contributed by atoms with van der Waals surface area (Å²) in [6.45, 7) is 4.18. The molecule has 1 fully saturated rings.